The van der Waals surface area contributed by atoms with E-state index < -0.39 is 5.54 Å². The van der Waals surface area contributed by atoms with Gasteiger partial charge in [-0.05, 0) is 150 Å². The molecule has 10 nitrogen and oxygen atoms in total. The lowest BCUT2D eigenvalue weighted by Crippen LogP contribution is -2.38. The molecule has 0 amide bonds. The Morgan fingerprint density at radius 1 is 0.688 bits per heavy atom. The van der Waals surface area contributed by atoms with Crippen molar-refractivity contribution >= 4 is 44.1 Å². The first-order valence-electron chi connectivity index (χ1n) is 28.0. The Labute approximate surface area is 476 Å². The van der Waals surface area contributed by atoms with Crippen LogP contribution < -0.4 is 4.74 Å². The summed E-state index contributed by atoms with van der Waals surface area (Å²) in [6.07, 6.45) is 8.66. The number of imidazole rings is 1. The van der Waals surface area contributed by atoms with Crippen LogP contribution in [0.3, 0.4) is 0 Å². The zero-order valence-electron chi connectivity index (χ0n) is 45.8. The summed E-state index contributed by atoms with van der Waals surface area (Å²) in [5.41, 5.74) is 13.1. The zero-order chi connectivity index (χ0) is 55.2. The average molecular weight is 1130 g/mol. The molecule has 3 aliphatic heterocycles. The number of carbonyl (C=O) groups excluding carboxylic acids is 2. The second-order valence-electron chi connectivity index (χ2n) is 21.8. The second kappa shape index (κ2) is 24.4. The summed E-state index contributed by atoms with van der Waals surface area (Å²) in [6, 6.07) is 55.1. The molecule has 1 N–H and O–H groups in total. The number of methoxy groups -OCH3 is 1. The van der Waals surface area contributed by atoms with Crippen molar-refractivity contribution in [3.05, 3.63) is 254 Å². The van der Waals surface area contributed by atoms with E-state index in [0.717, 1.165) is 141 Å². The highest BCUT2D eigenvalue weighted by Gasteiger charge is 2.41. The van der Waals surface area contributed by atoms with Gasteiger partial charge in [0.15, 0.2) is 11.6 Å². The zero-order valence-corrected chi connectivity index (χ0v) is 47.3. The predicted octanol–water partition coefficient (Wildman–Crippen LogP) is 14.1. The lowest BCUT2D eigenvalue weighted by Gasteiger charge is -2.37. The number of aryl methyl sites for hydroxylation is 2. The number of benzene rings is 7. The SMILES string of the molecule is COc1cccc(C)c1CN1CCC[C@@H](CC(=O)c2ccc3c(c2)c(Br)nn3C(c2ccccc2)(c2ccccc2)c2ccccc2)C1.Cc1cccc(F)c1CN1CCC[C@@H](CC(=O)c2ccc3c(c2)C(c2cnc[nH]2)=NC3)C1. The van der Waals surface area contributed by atoms with E-state index in [2.05, 4.69) is 137 Å². The first kappa shape index (κ1) is 54.3. The molecule has 3 aliphatic rings. The highest BCUT2D eigenvalue weighted by atomic mass is 79.9. The van der Waals surface area contributed by atoms with Crippen LogP contribution in [0.25, 0.3) is 10.9 Å². The van der Waals surface area contributed by atoms with Crippen LogP contribution in [0, 0.1) is 31.5 Å². The number of carbonyl (C=O) groups is 2. The van der Waals surface area contributed by atoms with Crippen LogP contribution in [0.15, 0.2) is 186 Å². The molecular weight excluding hydrogens is 1060 g/mol. The van der Waals surface area contributed by atoms with Gasteiger partial charge in [0.25, 0.3) is 0 Å². The summed E-state index contributed by atoms with van der Waals surface area (Å²) < 4.78 is 22.8. The fourth-order valence-electron chi connectivity index (χ4n) is 12.5. The highest BCUT2D eigenvalue weighted by Crippen LogP contribution is 2.44. The topological polar surface area (TPSA) is 109 Å². The summed E-state index contributed by atoms with van der Waals surface area (Å²) in [6.45, 7) is 9.88. The fraction of sp³-hybridized carbons (Fsp3) is 0.279. The molecule has 0 unspecified atom stereocenters. The molecule has 2 aromatic heterocycles. The summed E-state index contributed by atoms with van der Waals surface area (Å²) in [5.74, 6) is 1.73. The Bertz CT molecular complexity index is 3540. The van der Waals surface area contributed by atoms with E-state index in [9.17, 15) is 14.0 Å². The number of hydrogen-bond acceptors (Lipinski definition) is 8. The number of rotatable bonds is 16. The number of nitrogens with one attached hydrogen (secondary N) is 1. The van der Waals surface area contributed by atoms with Crippen LogP contribution in [0.2, 0.25) is 0 Å². The molecule has 9 aromatic rings. The van der Waals surface area contributed by atoms with E-state index in [1.807, 2.05) is 73.7 Å². The number of fused-ring (bicyclic) bond motifs is 2. The molecule has 0 saturated carbocycles. The first-order chi connectivity index (χ1) is 39.1. The summed E-state index contributed by atoms with van der Waals surface area (Å²) in [4.78, 5) is 43.6. The molecule has 0 bridgehead atoms. The van der Waals surface area contributed by atoms with Gasteiger partial charge in [0.2, 0.25) is 0 Å². The predicted molar refractivity (Wildman–Crippen MR) is 319 cm³/mol. The van der Waals surface area contributed by atoms with Gasteiger partial charge >= 0.3 is 0 Å². The van der Waals surface area contributed by atoms with E-state index in [1.165, 1.54) is 17.2 Å². The molecule has 5 heterocycles. The highest BCUT2D eigenvalue weighted by molar-refractivity contribution is 9.10. The maximum atomic E-state index is 14.3. The average Bonchev–Trinajstić information content (AvgIpc) is 4.30. The largest absolute Gasteiger partial charge is 0.496 e. The van der Waals surface area contributed by atoms with Crippen molar-refractivity contribution in [2.75, 3.05) is 33.3 Å². The first-order valence-corrected chi connectivity index (χ1v) is 28.8. The molecule has 2 saturated heterocycles. The van der Waals surface area contributed by atoms with E-state index >= 15 is 0 Å². The van der Waals surface area contributed by atoms with Gasteiger partial charge in [-0.1, -0.05) is 127 Å². The minimum absolute atomic E-state index is 0.143. The molecule has 0 radical (unpaired) electrons. The molecule has 0 spiro atoms. The van der Waals surface area contributed by atoms with Gasteiger partial charge in [-0.3, -0.25) is 24.4 Å². The molecule has 80 heavy (non-hydrogen) atoms. The normalized spacial score (nSPS) is 16.6. The van der Waals surface area contributed by atoms with Crippen LogP contribution >= 0.6 is 15.9 Å². The van der Waals surface area contributed by atoms with Gasteiger partial charge in [0, 0.05) is 72.2 Å². The number of piperidine rings is 2. The third-order valence-corrected chi connectivity index (χ3v) is 17.1. The van der Waals surface area contributed by atoms with Gasteiger partial charge in [-0.2, -0.15) is 5.10 Å². The van der Waals surface area contributed by atoms with E-state index in [4.69, 9.17) is 9.84 Å². The van der Waals surface area contributed by atoms with Crippen molar-refractivity contribution in [1.82, 2.24) is 29.5 Å². The van der Waals surface area contributed by atoms with Crippen LogP contribution in [0.4, 0.5) is 4.39 Å². The van der Waals surface area contributed by atoms with E-state index in [-0.39, 0.29) is 23.3 Å². The number of Topliss-reactive ketones (excluding diaryl/α,β-unsaturated/α-hetero) is 2. The van der Waals surface area contributed by atoms with E-state index in [1.54, 1.807) is 25.7 Å². The Kier molecular flexibility index (Phi) is 16.6. The minimum atomic E-state index is -0.745. The molecule has 2 atom stereocenters. The molecule has 7 aromatic carbocycles. The number of ketones is 2. The van der Waals surface area contributed by atoms with Crippen LogP contribution in [-0.4, -0.2) is 80.1 Å². The van der Waals surface area contributed by atoms with Crippen molar-refractivity contribution in [3.8, 4) is 5.75 Å². The van der Waals surface area contributed by atoms with Crippen molar-refractivity contribution in [3.63, 3.8) is 0 Å². The molecule has 0 aliphatic carbocycles. The second-order valence-corrected chi connectivity index (χ2v) is 22.5. The van der Waals surface area contributed by atoms with Crippen molar-refractivity contribution < 1.29 is 18.7 Å². The number of hydrogen-bond donors (Lipinski definition) is 1. The molecule has 406 valence electrons. The van der Waals surface area contributed by atoms with Gasteiger partial charge in [0.1, 0.15) is 21.7 Å². The van der Waals surface area contributed by atoms with Gasteiger partial charge in [-0.25, -0.2) is 14.1 Å². The van der Waals surface area contributed by atoms with Gasteiger partial charge in [0.05, 0.1) is 43.1 Å². The monoisotopic (exact) mass is 1130 g/mol. The standard InChI is InChI=1S/C42H40BrN3O2.C26H27FN4O/c1-30-14-12-22-40(48-2)37(30)29-45-25-13-15-31(28-45)26-39(47)32-23-24-38-36(27-32)41(43)44-46(38)42(33-16-6-3-7-17-33,34-18-8-4-9-19-34)35-20-10-5-11-21-35;1-17-4-2-6-23(27)22(17)15-31-9-3-5-18(14-31)10-25(32)19-7-8-20-12-29-26(21(20)11-19)24-13-28-16-30-24/h3-12,14,16-24,27,31H,13,15,25-26,28-29H2,1-2H3;2,4,6-8,11,13,16,18H,3,5,9-10,12,14-15H2,1H3,(H,28,30)/t31-;18-/m00/s1. The Hall–Kier alpha value is -7.64. The maximum Gasteiger partial charge on any atom is 0.163 e. The van der Waals surface area contributed by atoms with Gasteiger partial charge < -0.3 is 9.72 Å². The number of H-pyrrole nitrogens is 1. The Morgan fingerprint density at radius 2 is 1.25 bits per heavy atom. The number of likely N-dealkylation sites (tertiary alicyclic amines) is 2. The molecule has 2 fully saturated rings. The third-order valence-electron chi connectivity index (χ3n) is 16.6. The maximum absolute atomic E-state index is 14.3. The Balaban J connectivity index is 0.000000183. The third kappa shape index (κ3) is 11.4. The van der Waals surface area contributed by atoms with Crippen molar-refractivity contribution in [2.24, 2.45) is 16.8 Å². The Morgan fingerprint density at radius 3 is 1.82 bits per heavy atom. The van der Waals surface area contributed by atoms with Crippen molar-refractivity contribution in [2.45, 2.75) is 77.5 Å². The van der Waals surface area contributed by atoms with Crippen LogP contribution in [-0.2, 0) is 25.2 Å². The molecule has 12 rings (SSSR count). The summed E-state index contributed by atoms with van der Waals surface area (Å²) in [5, 5.41) is 6.10. The lowest BCUT2D eigenvalue weighted by molar-refractivity contribution is 0.0904. The summed E-state index contributed by atoms with van der Waals surface area (Å²) >= 11 is 3.81. The number of aromatic amines is 1. The van der Waals surface area contributed by atoms with Crippen molar-refractivity contribution in [1.29, 1.82) is 0 Å². The number of aromatic nitrogens is 4. The lowest BCUT2D eigenvalue weighted by atomic mass is 9.77. The smallest absolute Gasteiger partial charge is 0.163 e. The minimum Gasteiger partial charge on any atom is -0.496 e. The fourth-order valence-corrected chi connectivity index (χ4v) is 12.9. The number of aliphatic imine (C=N–C) groups is 1. The van der Waals surface area contributed by atoms with Gasteiger partial charge in [-0.15, -0.1) is 0 Å². The van der Waals surface area contributed by atoms with E-state index in [0.29, 0.717) is 31.8 Å². The number of halogens is 2. The number of ether oxygens (including phenoxy) is 1. The molecule has 12 heteroatoms. The van der Waals surface area contributed by atoms with Crippen LogP contribution in [0.1, 0.15) is 115 Å². The number of nitrogens with zero attached hydrogens (tertiary/aromatic N) is 6. The molecular formula is C68H67BrFN7O3. The summed E-state index contributed by atoms with van der Waals surface area (Å²) in [7, 11) is 1.74. The van der Waals surface area contributed by atoms with Crippen LogP contribution in [0.5, 0.6) is 5.75 Å². The quantitative estimate of drug-likeness (QED) is 0.0758.